The first-order valence-electron chi connectivity index (χ1n) is 10.4. The van der Waals surface area contributed by atoms with E-state index in [2.05, 4.69) is 4.98 Å². The van der Waals surface area contributed by atoms with Gasteiger partial charge in [0, 0.05) is 24.3 Å². The standard InChI is InChI=1S/C25H23N3O3/c1-2-27(16-18-7-12-23-24(15-18)31-14-13-30-23)25(29)19-8-10-20(11-9-19)28-17-26-21-5-3-4-6-22(21)28/h3-12,15,17H,2,13-14,16H2,1H3. The molecule has 0 fully saturated rings. The largest absolute Gasteiger partial charge is 0.486 e. The number of imidazole rings is 1. The van der Waals surface area contributed by atoms with Gasteiger partial charge in [-0.3, -0.25) is 9.36 Å². The molecule has 0 aliphatic carbocycles. The lowest BCUT2D eigenvalue weighted by Crippen LogP contribution is -2.30. The Morgan fingerprint density at radius 1 is 1.00 bits per heavy atom. The van der Waals surface area contributed by atoms with E-state index < -0.39 is 0 Å². The van der Waals surface area contributed by atoms with E-state index in [1.165, 1.54) is 0 Å². The van der Waals surface area contributed by atoms with Crippen molar-refractivity contribution in [2.75, 3.05) is 19.8 Å². The summed E-state index contributed by atoms with van der Waals surface area (Å²) in [5, 5.41) is 0. The zero-order chi connectivity index (χ0) is 21.2. The van der Waals surface area contributed by atoms with Gasteiger partial charge in [-0.25, -0.2) is 4.98 Å². The SMILES string of the molecule is CCN(Cc1ccc2c(c1)OCCO2)C(=O)c1ccc(-n2cnc3ccccc32)cc1. The van der Waals surface area contributed by atoms with E-state index in [-0.39, 0.29) is 5.91 Å². The number of hydrogen-bond donors (Lipinski definition) is 0. The Morgan fingerprint density at radius 2 is 1.77 bits per heavy atom. The highest BCUT2D eigenvalue weighted by atomic mass is 16.6. The Bertz CT molecular complexity index is 1230. The number of rotatable bonds is 5. The summed E-state index contributed by atoms with van der Waals surface area (Å²) in [5.74, 6) is 1.50. The molecular formula is C25H23N3O3. The molecule has 31 heavy (non-hydrogen) atoms. The van der Waals surface area contributed by atoms with Crippen LogP contribution in [-0.2, 0) is 6.54 Å². The summed E-state index contributed by atoms with van der Waals surface area (Å²) in [7, 11) is 0. The second kappa shape index (κ2) is 8.14. The molecule has 4 aromatic rings. The van der Waals surface area contributed by atoms with Gasteiger partial charge in [-0.2, -0.15) is 0 Å². The van der Waals surface area contributed by atoms with Gasteiger partial charge in [0.1, 0.15) is 19.5 Å². The molecular weight excluding hydrogens is 390 g/mol. The number of carbonyl (C=O) groups excluding carboxylic acids is 1. The summed E-state index contributed by atoms with van der Waals surface area (Å²) >= 11 is 0. The van der Waals surface area contributed by atoms with Crippen molar-refractivity contribution in [3.05, 3.63) is 84.2 Å². The molecule has 0 bridgehead atoms. The van der Waals surface area contributed by atoms with Gasteiger partial charge >= 0.3 is 0 Å². The molecule has 1 aliphatic heterocycles. The number of ether oxygens (including phenoxy) is 2. The van der Waals surface area contributed by atoms with E-state index in [4.69, 9.17) is 9.47 Å². The molecule has 0 saturated carbocycles. The number of aromatic nitrogens is 2. The van der Waals surface area contributed by atoms with Crippen LogP contribution < -0.4 is 9.47 Å². The second-order valence-electron chi connectivity index (χ2n) is 7.45. The maximum Gasteiger partial charge on any atom is 0.254 e. The molecule has 3 aromatic carbocycles. The lowest BCUT2D eigenvalue weighted by atomic mass is 10.1. The third-order valence-electron chi connectivity index (χ3n) is 5.49. The van der Waals surface area contributed by atoms with Gasteiger partial charge in [-0.05, 0) is 61.0 Å². The van der Waals surface area contributed by atoms with Crippen molar-refractivity contribution in [3.63, 3.8) is 0 Å². The lowest BCUT2D eigenvalue weighted by Gasteiger charge is -2.23. The fourth-order valence-electron chi connectivity index (χ4n) is 3.85. The molecule has 0 N–H and O–H groups in total. The molecule has 156 valence electrons. The Hall–Kier alpha value is -3.80. The Balaban J connectivity index is 1.35. The quantitative estimate of drug-likeness (QED) is 0.485. The maximum absolute atomic E-state index is 13.1. The van der Waals surface area contributed by atoms with E-state index in [9.17, 15) is 4.79 Å². The minimum atomic E-state index is -0.000529. The Morgan fingerprint density at radius 3 is 2.58 bits per heavy atom. The van der Waals surface area contributed by atoms with Gasteiger partial charge in [0.05, 0.1) is 11.0 Å². The van der Waals surface area contributed by atoms with Crippen LogP contribution in [0.2, 0.25) is 0 Å². The van der Waals surface area contributed by atoms with Crippen LogP contribution in [0.3, 0.4) is 0 Å². The summed E-state index contributed by atoms with van der Waals surface area (Å²) in [6.45, 7) is 4.23. The van der Waals surface area contributed by atoms with E-state index in [1.54, 1.807) is 0 Å². The normalized spacial score (nSPS) is 12.7. The molecule has 6 nitrogen and oxygen atoms in total. The van der Waals surface area contributed by atoms with Crippen LogP contribution in [0.15, 0.2) is 73.1 Å². The van der Waals surface area contributed by atoms with Gasteiger partial charge in [0.15, 0.2) is 11.5 Å². The van der Waals surface area contributed by atoms with Crippen molar-refractivity contribution >= 4 is 16.9 Å². The molecule has 0 unspecified atom stereocenters. The van der Waals surface area contributed by atoms with Crippen LogP contribution in [0.25, 0.3) is 16.7 Å². The van der Waals surface area contributed by atoms with E-state index in [0.717, 1.165) is 33.8 Å². The molecule has 0 saturated heterocycles. The molecule has 1 amide bonds. The van der Waals surface area contributed by atoms with Crippen LogP contribution in [0.5, 0.6) is 11.5 Å². The van der Waals surface area contributed by atoms with Crippen molar-refractivity contribution in [1.82, 2.24) is 14.5 Å². The Kier molecular flexibility index (Phi) is 5.04. The van der Waals surface area contributed by atoms with Gasteiger partial charge < -0.3 is 14.4 Å². The summed E-state index contributed by atoms with van der Waals surface area (Å²) in [4.78, 5) is 19.4. The van der Waals surface area contributed by atoms with Crippen molar-refractivity contribution in [2.45, 2.75) is 13.5 Å². The summed E-state index contributed by atoms with van der Waals surface area (Å²) in [6.07, 6.45) is 1.81. The van der Waals surface area contributed by atoms with E-state index in [1.807, 2.05) is 89.4 Å². The number of para-hydroxylation sites is 2. The van der Waals surface area contributed by atoms with Crippen molar-refractivity contribution in [2.24, 2.45) is 0 Å². The lowest BCUT2D eigenvalue weighted by molar-refractivity contribution is 0.0752. The predicted octanol–water partition coefficient (Wildman–Crippen LogP) is 4.46. The van der Waals surface area contributed by atoms with Crippen molar-refractivity contribution in [3.8, 4) is 17.2 Å². The van der Waals surface area contributed by atoms with Gasteiger partial charge in [-0.15, -0.1) is 0 Å². The molecule has 6 heteroatoms. The van der Waals surface area contributed by atoms with Crippen LogP contribution >= 0.6 is 0 Å². The second-order valence-corrected chi connectivity index (χ2v) is 7.45. The highest BCUT2D eigenvalue weighted by Gasteiger charge is 2.17. The molecule has 1 aromatic heterocycles. The molecule has 1 aliphatic rings. The molecule has 0 spiro atoms. The van der Waals surface area contributed by atoms with Crippen LogP contribution in [0.4, 0.5) is 0 Å². The number of hydrogen-bond acceptors (Lipinski definition) is 4. The summed E-state index contributed by atoms with van der Waals surface area (Å²) < 4.78 is 13.3. The monoisotopic (exact) mass is 413 g/mol. The van der Waals surface area contributed by atoms with Crippen LogP contribution in [0, 0.1) is 0 Å². The average molecular weight is 413 g/mol. The third kappa shape index (κ3) is 3.72. The molecule has 0 radical (unpaired) electrons. The zero-order valence-electron chi connectivity index (χ0n) is 17.3. The van der Waals surface area contributed by atoms with Crippen LogP contribution in [-0.4, -0.2) is 40.1 Å². The van der Waals surface area contributed by atoms with Crippen molar-refractivity contribution < 1.29 is 14.3 Å². The first kappa shape index (κ1) is 19.2. The summed E-state index contributed by atoms with van der Waals surface area (Å²) in [5.41, 5.74) is 4.63. The average Bonchev–Trinajstić information content (AvgIpc) is 3.26. The predicted molar refractivity (Wildman–Crippen MR) is 119 cm³/mol. The number of benzene rings is 3. The van der Waals surface area contributed by atoms with E-state index >= 15 is 0 Å². The summed E-state index contributed by atoms with van der Waals surface area (Å²) in [6, 6.07) is 21.5. The highest BCUT2D eigenvalue weighted by Crippen LogP contribution is 2.31. The topological polar surface area (TPSA) is 56.6 Å². The van der Waals surface area contributed by atoms with Gasteiger partial charge in [-0.1, -0.05) is 18.2 Å². The number of carbonyl (C=O) groups is 1. The van der Waals surface area contributed by atoms with E-state index in [0.29, 0.717) is 31.9 Å². The van der Waals surface area contributed by atoms with Crippen molar-refractivity contribution in [1.29, 1.82) is 0 Å². The Labute approximate surface area is 180 Å². The van der Waals surface area contributed by atoms with Crippen LogP contribution in [0.1, 0.15) is 22.8 Å². The third-order valence-corrected chi connectivity index (χ3v) is 5.49. The number of amides is 1. The fourth-order valence-corrected chi connectivity index (χ4v) is 3.85. The first-order valence-corrected chi connectivity index (χ1v) is 10.4. The molecule has 5 rings (SSSR count). The maximum atomic E-state index is 13.1. The smallest absolute Gasteiger partial charge is 0.254 e. The molecule has 0 atom stereocenters. The minimum absolute atomic E-state index is 0.000529. The fraction of sp³-hybridized carbons (Fsp3) is 0.200. The number of nitrogens with zero attached hydrogens (tertiary/aromatic N) is 3. The number of fused-ring (bicyclic) bond motifs is 2. The van der Waals surface area contributed by atoms with Gasteiger partial charge in [0.25, 0.3) is 5.91 Å². The molecule has 2 heterocycles. The van der Waals surface area contributed by atoms with Gasteiger partial charge in [0.2, 0.25) is 0 Å². The zero-order valence-corrected chi connectivity index (χ0v) is 17.3. The highest BCUT2D eigenvalue weighted by molar-refractivity contribution is 5.94. The first-order chi connectivity index (χ1) is 15.2. The minimum Gasteiger partial charge on any atom is -0.486 e.